The summed E-state index contributed by atoms with van der Waals surface area (Å²) in [6.07, 6.45) is 27.8. The Kier molecular flexibility index (Phi) is 14.5. The molecule has 2 aromatic rings. The molecule has 8 saturated carbocycles. The molecule has 0 bridgehead atoms. The molecule has 16 atom stereocenters. The minimum atomic E-state index is -0.472. The number of halogens is 1. The molecule has 8 aliphatic rings. The molecular formula is C53H85BrN4O6. The van der Waals surface area contributed by atoms with Crippen molar-refractivity contribution in [3.05, 3.63) is 24.8 Å². The number of Topliss-reactive ketones (excluding diaryl/α,β-unsaturated/α-hetero) is 2. The number of ether oxygens (including phenoxy) is 2. The normalized spacial score (nSPS) is 45.1. The van der Waals surface area contributed by atoms with Crippen LogP contribution in [0.1, 0.15) is 165 Å². The number of nitrogens with one attached hydrogen (secondary N) is 1. The molecule has 2 aromatic heterocycles. The third-order valence-corrected chi connectivity index (χ3v) is 21.2. The predicted molar refractivity (Wildman–Crippen MR) is 256 cm³/mol. The second-order valence-electron chi connectivity index (χ2n) is 23.8. The van der Waals surface area contributed by atoms with Crippen molar-refractivity contribution in [3.63, 3.8) is 0 Å². The number of methoxy groups -OCH3 is 2. The predicted octanol–water partition coefficient (Wildman–Crippen LogP) is 11.3. The Balaban J connectivity index is 0.000000166. The minimum absolute atomic E-state index is 0. The van der Waals surface area contributed by atoms with Crippen LogP contribution in [0.25, 0.3) is 0 Å². The van der Waals surface area contributed by atoms with E-state index >= 15 is 0 Å². The van der Waals surface area contributed by atoms with Gasteiger partial charge in [0, 0.05) is 11.8 Å². The number of aromatic amines is 1. The summed E-state index contributed by atoms with van der Waals surface area (Å²) in [5.74, 6) is 8.65. The molecule has 0 aliphatic heterocycles. The van der Waals surface area contributed by atoms with E-state index in [4.69, 9.17) is 9.47 Å². The zero-order chi connectivity index (χ0) is 45.2. The number of hydrogen-bond donors (Lipinski definition) is 3. The fourth-order valence-electron chi connectivity index (χ4n) is 17.2. The number of carbonyl (C=O) groups is 2. The van der Waals surface area contributed by atoms with Crippen molar-refractivity contribution in [1.29, 1.82) is 0 Å². The topological polar surface area (TPSA) is 140 Å². The average molecular weight is 954 g/mol. The van der Waals surface area contributed by atoms with Crippen LogP contribution < -0.4 is 9.47 Å². The molecule has 10 nitrogen and oxygen atoms in total. The lowest BCUT2D eigenvalue weighted by Gasteiger charge is -2.61. The maximum Gasteiger partial charge on any atom is 0.157 e. The van der Waals surface area contributed by atoms with Gasteiger partial charge in [-0.25, -0.2) is 0 Å². The van der Waals surface area contributed by atoms with Gasteiger partial charge in [0.2, 0.25) is 0 Å². The van der Waals surface area contributed by atoms with Gasteiger partial charge in [-0.05, 0) is 198 Å². The monoisotopic (exact) mass is 953 g/mol. The zero-order valence-electron chi connectivity index (χ0n) is 40.0. The van der Waals surface area contributed by atoms with Crippen molar-refractivity contribution in [1.82, 2.24) is 20.0 Å². The number of rotatable bonds is 7. The number of hydrogen-bond acceptors (Lipinski definition) is 8. The Morgan fingerprint density at radius 2 is 1.14 bits per heavy atom. The van der Waals surface area contributed by atoms with E-state index in [1.54, 1.807) is 37.5 Å². The van der Waals surface area contributed by atoms with Crippen LogP contribution in [0.15, 0.2) is 24.8 Å². The van der Waals surface area contributed by atoms with Crippen molar-refractivity contribution in [2.75, 3.05) is 19.5 Å². The highest BCUT2D eigenvalue weighted by Gasteiger charge is 2.63. The van der Waals surface area contributed by atoms with Gasteiger partial charge in [-0.15, -0.1) is 0 Å². The Morgan fingerprint density at radius 3 is 1.56 bits per heavy atom. The Labute approximate surface area is 394 Å². The lowest BCUT2D eigenvalue weighted by atomic mass is 9.44. The van der Waals surface area contributed by atoms with E-state index in [0.29, 0.717) is 57.8 Å². The van der Waals surface area contributed by atoms with Crippen LogP contribution in [-0.4, -0.2) is 72.5 Å². The first-order chi connectivity index (χ1) is 29.8. The first-order valence-electron chi connectivity index (χ1n) is 25.0. The number of carbonyl (C=O) groups excluding carboxylic acids is 2. The molecule has 0 spiro atoms. The average Bonchev–Trinajstić information content (AvgIpc) is 4.07. The SMILES string of the molecule is C.COc1cn[nH]c1.COc1cnn(CC(=O)[C@H]2CC[C@H]3[C@@H]4CC[C@H]5C[C@](C)(O)CC[C@]5(C)[C@H]4CC[C@]23C)c1.C[C@@]1(O)CC[C@@]2(C)[C@@H](CC[C@@H]3[C@@H]2CC[C@]2(C)[C@@H](C(=O)CBr)CC[C@@H]32)C1. The van der Waals surface area contributed by atoms with Crippen LogP contribution in [0.3, 0.4) is 0 Å². The highest BCUT2D eigenvalue weighted by atomic mass is 79.9. The van der Waals surface area contributed by atoms with E-state index in [9.17, 15) is 19.8 Å². The summed E-state index contributed by atoms with van der Waals surface area (Å²) in [6, 6.07) is 0. The molecule has 360 valence electrons. The Hall–Kier alpha value is -2.24. The smallest absolute Gasteiger partial charge is 0.157 e. The van der Waals surface area contributed by atoms with Crippen molar-refractivity contribution in [2.45, 2.75) is 182 Å². The number of H-pyrrole nitrogens is 1. The number of alkyl halides is 1. The van der Waals surface area contributed by atoms with Crippen molar-refractivity contribution < 1.29 is 29.3 Å². The van der Waals surface area contributed by atoms with Crippen LogP contribution in [0, 0.1) is 80.8 Å². The Morgan fingerprint density at radius 1 is 0.656 bits per heavy atom. The zero-order valence-corrected chi connectivity index (χ0v) is 41.6. The van der Waals surface area contributed by atoms with E-state index in [0.717, 1.165) is 73.9 Å². The van der Waals surface area contributed by atoms with Crippen molar-refractivity contribution in [3.8, 4) is 11.5 Å². The number of nitrogens with zero attached hydrogens (tertiary/aromatic N) is 3. The second kappa shape index (κ2) is 18.7. The third-order valence-electron chi connectivity index (χ3n) is 20.7. The molecule has 0 unspecified atom stereocenters. The number of aromatic nitrogens is 4. The Bertz CT molecular complexity index is 1920. The quantitative estimate of drug-likeness (QED) is 0.233. The minimum Gasteiger partial charge on any atom is -0.493 e. The maximum absolute atomic E-state index is 13.4. The molecule has 64 heavy (non-hydrogen) atoms. The van der Waals surface area contributed by atoms with Gasteiger partial charge in [-0.2, -0.15) is 10.2 Å². The van der Waals surface area contributed by atoms with Gasteiger partial charge >= 0.3 is 0 Å². The van der Waals surface area contributed by atoms with Gasteiger partial charge in [0.15, 0.2) is 17.3 Å². The second-order valence-corrected chi connectivity index (χ2v) is 24.4. The summed E-state index contributed by atoms with van der Waals surface area (Å²) in [5, 5.41) is 32.4. The molecule has 0 saturated heterocycles. The number of fused-ring (bicyclic) bond motifs is 10. The highest BCUT2D eigenvalue weighted by molar-refractivity contribution is 9.09. The lowest BCUT2D eigenvalue weighted by Crippen LogP contribution is -2.55. The number of aliphatic hydroxyl groups is 2. The highest BCUT2D eigenvalue weighted by Crippen LogP contribution is 2.70. The molecule has 0 radical (unpaired) electrons. The molecule has 0 amide bonds. The van der Waals surface area contributed by atoms with Crippen LogP contribution in [-0.2, 0) is 16.1 Å². The first kappa shape index (κ1) is 49.7. The first-order valence-corrected chi connectivity index (χ1v) is 26.1. The van der Waals surface area contributed by atoms with Crippen LogP contribution >= 0.6 is 15.9 Å². The van der Waals surface area contributed by atoms with Gasteiger partial charge in [0.25, 0.3) is 0 Å². The molecule has 8 aliphatic carbocycles. The maximum atomic E-state index is 13.4. The summed E-state index contributed by atoms with van der Waals surface area (Å²) < 4.78 is 11.7. The summed E-state index contributed by atoms with van der Waals surface area (Å²) >= 11 is 3.43. The van der Waals surface area contributed by atoms with E-state index < -0.39 is 11.2 Å². The fourth-order valence-corrected chi connectivity index (χ4v) is 17.6. The summed E-state index contributed by atoms with van der Waals surface area (Å²) in [4.78, 5) is 25.9. The van der Waals surface area contributed by atoms with Crippen LogP contribution in [0.4, 0.5) is 0 Å². The van der Waals surface area contributed by atoms with E-state index in [-0.39, 0.29) is 30.1 Å². The van der Waals surface area contributed by atoms with Crippen LogP contribution in [0.2, 0.25) is 0 Å². The third kappa shape index (κ3) is 8.96. The molecule has 3 N–H and O–H groups in total. The molecule has 11 heteroatoms. The van der Waals surface area contributed by atoms with E-state index in [1.165, 1.54) is 77.0 Å². The van der Waals surface area contributed by atoms with Gasteiger partial charge in [0.1, 0.15) is 5.78 Å². The van der Waals surface area contributed by atoms with Crippen molar-refractivity contribution in [2.24, 2.45) is 80.8 Å². The fraction of sp³-hybridized carbons (Fsp3) is 0.849. The standard InChI is InChI=1S/C26H40N2O3.C22H35BrO2.C4H6N2O.CH4/c1-24(30)11-12-25(2)17(13-24)5-6-19-20-7-8-22(26(20,3)10-9-21(19)25)23(29)16-28-15-18(31-4)14-27-28;1-20(25)10-11-21(2)14(12-20)4-5-15-16-6-7-18(19(24)13-23)22(16,3)9-8-17(15)21;1-7-4-2-5-6-3-4;/h14-15,17,19-22,30H,5-13,16H2,1-4H3;14-18,25H,4-13H2,1-3H3;2-3H,1H3,(H,5,6);1H4/t17-,19-,20-,21-,22+,24+,25-,26-;14-,15-,16-,17-,18+,20+,21-,22-;;/m00../s1. The molecule has 0 aromatic carbocycles. The molecule has 2 heterocycles. The van der Waals surface area contributed by atoms with Crippen LogP contribution in [0.5, 0.6) is 11.5 Å². The summed E-state index contributed by atoms with van der Waals surface area (Å²) in [5.41, 5.74) is 0.264. The summed E-state index contributed by atoms with van der Waals surface area (Å²) in [6.45, 7) is 14.4. The van der Waals surface area contributed by atoms with Gasteiger partial charge in [0.05, 0.1) is 62.1 Å². The number of ketones is 2. The molecular weight excluding hydrogens is 869 g/mol. The van der Waals surface area contributed by atoms with Gasteiger partial charge in [-0.1, -0.05) is 51.1 Å². The molecule has 8 fully saturated rings. The van der Waals surface area contributed by atoms with Gasteiger partial charge in [-0.3, -0.25) is 19.4 Å². The largest absolute Gasteiger partial charge is 0.493 e. The lowest BCUT2D eigenvalue weighted by molar-refractivity contribution is -0.151. The van der Waals surface area contributed by atoms with E-state index in [2.05, 4.69) is 58.9 Å². The van der Waals surface area contributed by atoms with Crippen molar-refractivity contribution >= 4 is 27.5 Å². The van der Waals surface area contributed by atoms with E-state index in [1.807, 2.05) is 20.0 Å². The summed E-state index contributed by atoms with van der Waals surface area (Å²) in [7, 11) is 3.23. The molecule has 10 rings (SSSR count). The van der Waals surface area contributed by atoms with Gasteiger partial charge < -0.3 is 19.7 Å².